The number of nitrogen functional groups attached to an aromatic ring is 1. The number of nitrogens with zero attached hydrogens (tertiary/aromatic N) is 3. The Balaban J connectivity index is 2.26. The van der Waals surface area contributed by atoms with Crippen molar-refractivity contribution < 1.29 is 27.0 Å². The topological polar surface area (TPSA) is 112 Å². The summed E-state index contributed by atoms with van der Waals surface area (Å²) in [7, 11) is -1.49. The minimum atomic E-state index is -4.64. The van der Waals surface area contributed by atoms with Crippen molar-refractivity contribution in [3.8, 4) is 0 Å². The molecule has 0 bridgehead atoms. The first-order valence-corrected chi connectivity index (χ1v) is 12.8. The van der Waals surface area contributed by atoms with E-state index in [-0.39, 0.29) is 28.1 Å². The number of aliphatic imine (C=N–C) groups is 1. The molecule has 190 valence electrons. The molecule has 0 aromatic carbocycles. The van der Waals surface area contributed by atoms with Crippen LogP contribution in [-0.4, -0.2) is 49.8 Å². The summed E-state index contributed by atoms with van der Waals surface area (Å²) in [6.07, 6.45) is 4.26. The van der Waals surface area contributed by atoms with Gasteiger partial charge in [0, 0.05) is 17.7 Å². The number of unbranched alkanes of at least 4 members (excludes halogenated alkanes) is 4. The first-order chi connectivity index (χ1) is 16.0. The molecule has 0 amide bonds. The SMILES string of the molecule is CCCCCCCC(=O)ONC(=NC1C(Cl)=CC(C(F)(F)F)=CC1Cl)n1ncc(S(C)=O)c1N. The number of anilines is 1. The maximum Gasteiger partial charge on any atom is 0.416 e. The summed E-state index contributed by atoms with van der Waals surface area (Å²) in [6, 6.07) is -1.16. The molecule has 0 fully saturated rings. The van der Waals surface area contributed by atoms with Crippen LogP contribution in [0.3, 0.4) is 0 Å². The second kappa shape index (κ2) is 12.6. The molecule has 34 heavy (non-hydrogen) atoms. The van der Waals surface area contributed by atoms with E-state index in [2.05, 4.69) is 22.5 Å². The highest BCUT2D eigenvalue weighted by atomic mass is 35.5. The van der Waals surface area contributed by atoms with Crippen LogP contribution >= 0.6 is 23.2 Å². The third-order valence-electron chi connectivity index (χ3n) is 4.83. The number of nitrogens with two attached hydrogens (primary N) is 1. The molecule has 8 nitrogen and oxygen atoms in total. The second-order valence-electron chi connectivity index (χ2n) is 7.49. The van der Waals surface area contributed by atoms with E-state index >= 15 is 0 Å². The lowest BCUT2D eigenvalue weighted by Gasteiger charge is -2.23. The summed E-state index contributed by atoms with van der Waals surface area (Å²) in [5.74, 6) is -0.919. The summed E-state index contributed by atoms with van der Waals surface area (Å²) in [6.45, 7) is 2.08. The van der Waals surface area contributed by atoms with Crippen molar-refractivity contribution in [3.05, 3.63) is 29.0 Å². The van der Waals surface area contributed by atoms with Gasteiger partial charge in [-0.05, 0) is 12.5 Å². The lowest BCUT2D eigenvalue weighted by atomic mass is 10.0. The molecule has 0 aliphatic heterocycles. The fourth-order valence-electron chi connectivity index (χ4n) is 3.02. The quantitative estimate of drug-likeness (QED) is 0.165. The molecule has 0 saturated heterocycles. The van der Waals surface area contributed by atoms with E-state index in [9.17, 15) is 22.2 Å². The molecule has 3 unspecified atom stereocenters. The van der Waals surface area contributed by atoms with Crippen LogP contribution in [0.5, 0.6) is 0 Å². The van der Waals surface area contributed by atoms with Gasteiger partial charge in [-0.3, -0.25) is 4.21 Å². The Hall–Kier alpha value is -2.05. The van der Waals surface area contributed by atoms with Gasteiger partial charge < -0.3 is 10.6 Å². The number of hydroxylamine groups is 1. The number of alkyl halides is 4. The number of hydrogen-bond acceptors (Lipinski definition) is 6. The van der Waals surface area contributed by atoms with E-state index < -0.39 is 39.9 Å². The van der Waals surface area contributed by atoms with Gasteiger partial charge in [0.2, 0.25) is 0 Å². The van der Waals surface area contributed by atoms with Crippen molar-refractivity contribution in [2.75, 3.05) is 12.0 Å². The predicted octanol–water partition coefficient (Wildman–Crippen LogP) is 4.42. The van der Waals surface area contributed by atoms with E-state index in [1.807, 2.05) is 0 Å². The standard InChI is InChI=1S/C20H26Cl2F3N5O3S/c1-3-4-5-6-7-8-16(31)33-29-19(30-18(26)15(11-27-30)34(2)32)28-17-13(21)9-12(10-14(17)22)20(23,24)25/h9-11,13,17H,3-8,26H2,1-2H3,(H,28,29). The Bertz CT molecular complexity index is 995. The van der Waals surface area contributed by atoms with Crippen LogP contribution in [0.15, 0.2) is 38.8 Å². The maximum absolute atomic E-state index is 13.1. The monoisotopic (exact) mass is 543 g/mol. The van der Waals surface area contributed by atoms with Gasteiger partial charge >= 0.3 is 12.1 Å². The Labute approximate surface area is 207 Å². The second-order valence-corrected chi connectivity index (χ2v) is 9.78. The normalized spacial score (nSPS) is 19.9. The summed E-state index contributed by atoms with van der Waals surface area (Å²) < 4.78 is 52.0. The fourth-order valence-corrected chi connectivity index (χ4v) is 4.29. The number of carbonyl (C=O) groups is 1. The molecular weight excluding hydrogens is 518 g/mol. The van der Waals surface area contributed by atoms with Crippen LogP contribution in [0.25, 0.3) is 0 Å². The molecule has 0 radical (unpaired) electrons. The highest BCUT2D eigenvalue weighted by Crippen LogP contribution is 2.36. The van der Waals surface area contributed by atoms with E-state index in [1.54, 1.807) is 0 Å². The largest absolute Gasteiger partial charge is 0.416 e. The fraction of sp³-hybridized carbons (Fsp3) is 0.550. The number of rotatable bonds is 8. The summed E-state index contributed by atoms with van der Waals surface area (Å²) in [5.41, 5.74) is 7.34. The maximum atomic E-state index is 13.1. The van der Waals surface area contributed by atoms with E-state index in [0.29, 0.717) is 12.5 Å². The van der Waals surface area contributed by atoms with Crippen LogP contribution in [0.1, 0.15) is 45.4 Å². The van der Waals surface area contributed by atoms with Gasteiger partial charge in [-0.15, -0.1) is 11.6 Å². The molecule has 0 spiro atoms. The molecule has 1 heterocycles. The van der Waals surface area contributed by atoms with Crippen molar-refractivity contribution in [1.82, 2.24) is 15.3 Å². The van der Waals surface area contributed by atoms with E-state index in [0.717, 1.165) is 36.4 Å². The van der Waals surface area contributed by atoms with Gasteiger partial charge in [0.1, 0.15) is 16.8 Å². The van der Waals surface area contributed by atoms with Gasteiger partial charge in [0.15, 0.2) is 0 Å². The van der Waals surface area contributed by atoms with Crippen molar-refractivity contribution in [1.29, 1.82) is 0 Å². The smallest absolute Gasteiger partial charge is 0.382 e. The zero-order valence-corrected chi connectivity index (χ0v) is 20.9. The van der Waals surface area contributed by atoms with Gasteiger partial charge in [-0.2, -0.15) is 28.4 Å². The van der Waals surface area contributed by atoms with Crippen molar-refractivity contribution >= 4 is 51.7 Å². The third-order valence-corrected chi connectivity index (χ3v) is 6.46. The minimum absolute atomic E-state index is 0.0729. The van der Waals surface area contributed by atoms with Crippen LogP contribution in [0.2, 0.25) is 0 Å². The number of carbonyl (C=O) groups excluding carboxylic acids is 1. The van der Waals surface area contributed by atoms with Crippen molar-refractivity contribution in [3.63, 3.8) is 0 Å². The molecule has 1 aromatic rings. The number of hydrogen-bond donors (Lipinski definition) is 2. The summed E-state index contributed by atoms with van der Waals surface area (Å²) in [4.78, 5) is 21.6. The predicted molar refractivity (Wildman–Crippen MR) is 126 cm³/mol. The van der Waals surface area contributed by atoms with Gasteiger partial charge in [0.05, 0.1) is 27.9 Å². The highest BCUT2D eigenvalue weighted by molar-refractivity contribution is 7.84. The van der Waals surface area contributed by atoms with Crippen LogP contribution in [0.4, 0.5) is 19.0 Å². The van der Waals surface area contributed by atoms with Crippen LogP contribution in [0, 0.1) is 0 Å². The molecule has 14 heteroatoms. The highest BCUT2D eigenvalue weighted by Gasteiger charge is 2.38. The Morgan fingerprint density at radius 2 is 2.03 bits per heavy atom. The average Bonchev–Trinajstić information content (AvgIpc) is 3.13. The molecule has 1 aromatic heterocycles. The van der Waals surface area contributed by atoms with Gasteiger partial charge in [-0.1, -0.05) is 50.3 Å². The van der Waals surface area contributed by atoms with Crippen LogP contribution < -0.4 is 11.2 Å². The first kappa shape index (κ1) is 28.2. The Morgan fingerprint density at radius 1 is 1.35 bits per heavy atom. The minimum Gasteiger partial charge on any atom is -0.382 e. The third kappa shape index (κ3) is 7.74. The Morgan fingerprint density at radius 3 is 2.59 bits per heavy atom. The van der Waals surface area contributed by atoms with Crippen LogP contribution in [-0.2, 0) is 20.4 Å². The molecular formula is C20H26Cl2F3N5O3S. The molecule has 2 rings (SSSR count). The molecule has 1 aliphatic carbocycles. The molecule has 3 N–H and O–H groups in total. The van der Waals surface area contributed by atoms with Gasteiger partial charge in [0.25, 0.3) is 5.96 Å². The Kier molecular flexibility index (Phi) is 10.4. The van der Waals surface area contributed by atoms with Crippen molar-refractivity contribution in [2.45, 2.75) is 67.9 Å². The van der Waals surface area contributed by atoms with E-state index in [1.165, 1.54) is 12.5 Å². The lowest BCUT2D eigenvalue weighted by molar-refractivity contribution is -0.148. The average molecular weight is 544 g/mol. The zero-order valence-electron chi connectivity index (χ0n) is 18.6. The summed E-state index contributed by atoms with van der Waals surface area (Å²) >= 11 is 12.2. The van der Waals surface area contributed by atoms with Gasteiger partial charge in [-0.25, -0.2) is 9.79 Å². The number of aromatic nitrogens is 2. The number of nitrogens with one attached hydrogen (secondary N) is 1. The number of halogens is 5. The zero-order chi connectivity index (χ0) is 25.5. The van der Waals surface area contributed by atoms with E-state index in [4.69, 9.17) is 33.8 Å². The number of allylic oxidation sites excluding steroid dienone is 2. The van der Waals surface area contributed by atoms with Crippen molar-refractivity contribution in [2.24, 2.45) is 4.99 Å². The lowest BCUT2D eigenvalue weighted by Crippen LogP contribution is -2.37. The molecule has 3 atom stereocenters. The first-order valence-electron chi connectivity index (χ1n) is 10.5. The molecule has 1 aliphatic rings. The summed E-state index contributed by atoms with van der Waals surface area (Å²) in [5, 5.41) is 2.44. The molecule has 0 saturated carbocycles.